The third-order valence-corrected chi connectivity index (χ3v) is 4.19. The molecule has 3 rings (SSSR count). The molecule has 2 aromatic rings. The molecule has 4 nitrogen and oxygen atoms in total. The Hall–Kier alpha value is -1.75. The van der Waals surface area contributed by atoms with E-state index < -0.39 is 0 Å². The molecular formula is C14H15N3OS. The number of hydrogen-bond acceptors (Lipinski definition) is 4. The van der Waals surface area contributed by atoms with Crippen molar-refractivity contribution in [3.63, 3.8) is 0 Å². The van der Waals surface area contributed by atoms with Crippen molar-refractivity contribution in [2.45, 2.75) is 25.7 Å². The molecule has 0 saturated heterocycles. The normalized spacial score (nSPS) is 21.1. The number of anilines is 1. The number of thiazole rings is 1. The molecule has 1 aliphatic carbocycles. The minimum absolute atomic E-state index is 0.0678. The first-order chi connectivity index (χ1) is 9.28. The molecule has 19 heavy (non-hydrogen) atoms. The zero-order chi connectivity index (χ0) is 13.2. The van der Waals surface area contributed by atoms with Crippen LogP contribution in [-0.2, 0) is 11.2 Å². The predicted octanol–water partition coefficient (Wildman–Crippen LogP) is 2.84. The first-order valence-corrected chi connectivity index (χ1v) is 7.31. The third-order valence-electron chi connectivity index (χ3n) is 3.38. The van der Waals surface area contributed by atoms with E-state index in [2.05, 4.69) is 22.2 Å². The fraction of sp³-hybridized carbons (Fsp3) is 0.357. The average molecular weight is 273 g/mol. The number of nitrogens with zero attached hydrogens (tertiary/aromatic N) is 2. The summed E-state index contributed by atoms with van der Waals surface area (Å²) in [5.74, 6) is 0.461. The van der Waals surface area contributed by atoms with Crippen molar-refractivity contribution >= 4 is 22.4 Å². The topological polar surface area (TPSA) is 54.9 Å². The highest BCUT2D eigenvalue weighted by Crippen LogP contribution is 2.47. The second-order valence-corrected chi connectivity index (χ2v) is 5.58. The highest BCUT2D eigenvalue weighted by molar-refractivity contribution is 7.13. The van der Waals surface area contributed by atoms with Crippen molar-refractivity contribution in [2.75, 3.05) is 5.32 Å². The van der Waals surface area contributed by atoms with Crippen LogP contribution in [0.2, 0.25) is 0 Å². The van der Waals surface area contributed by atoms with E-state index in [9.17, 15) is 4.79 Å². The van der Waals surface area contributed by atoms with Gasteiger partial charge in [0.25, 0.3) is 0 Å². The van der Waals surface area contributed by atoms with Crippen LogP contribution in [0.3, 0.4) is 0 Å². The van der Waals surface area contributed by atoms with Crippen molar-refractivity contribution in [3.05, 3.63) is 41.2 Å². The standard InChI is InChI=1S/C14H15N3OS/c1-2-10-8-19-14(16-10)17-13(18)12-6-11(12)9-4-3-5-15-7-9/h3-5,7-8,11-12H,2,6H2,1H3,(H,16,17,18)/t11-,12+/m0/s1. The lowest BCUT2D eigenvalue weighted by Gasteiger charge is -2.01. The Kier molecular flexibility index (Phi) is 3.29. The second kappa shape index (κ2) is 5.09. The van der Waals surface area contributed by atoms with Gasteiger partial charge in [-0.05, 0) is 30.4 Å². The van der Waals surface area contributed by atoms with Gasteiger partial charge in [-0.25, -0.2) is 4.98 Å². The molecule has 98 valence electrons. The smallest absolute Gasteiger partial charge is 0.229 e. The molecule has 0 aliphatic heterocycles. The number of pyridine rings is 1. The monoisotopic (exact) mass is 273 g/mol. The SMILES string of the molecule is CCc1csc(NC(=O)[C@@H]2C[C@H]2c2cccnc2)n1. The number of carbonyl (C=O) groups excluding carboxylic acids is 1. The van der Waals surface area contributed by atoms with E-state index in [1.165, 1.54) is 11.3 Å². The van der Waals surface area contributed by atoms with E-state index in [-0.39, 0.29) is 11.8 Å². The maximum absolute atomic E-state index is 12.1. The first-order valence-electron chi connectivity index (χ1n) is 6.43. The molecule has 1 aliphatic rings. The number of carbonyl (C=O) groups is 1. The third kappa shape index (κ3) is 2.66. The van der Waals surface area contributed by atoms with E-state index in [1.807, 2.05) is 23.7 Å². The van der Waals surface area contributed by atoms with Gasteiger partial charge < -0.3 is 5.32 Å². The molecule has 1 saturated carbocycles. The van der Waals surface area contributed by atoms with Crippen molar-refractivity contribution in [1.29, 1.82) is 0 Å². The Bertz CT molecular complexity index is 581. The summed E-state index contributed by atoms with van der Waals surface area (Å²) in [6.07, 6.45) is 5.40. The maximum atomic E-state index is 12.1. The van der Waals surface area contributed by atoms with E-state index in [4.69, 9.17) is 0 Å². The molecule has 0 aromatic carbocycles. The van der Waals surface area contributed by atoms with Crippen LogP contribution in [0.15, 0.2) is 29.9 Å². The molecule has 0 spiro atoms. The molecule has 0 radical (unpaired) electrons. The average Bonchev–Trinajstić information content (AvgIpc) is 3.13. The van der Waals surface area contributed by atoms with Crippen LogP contribution in [0.25, 0.3) is 0 Å². The summed E-state index contributed by atoms with van der Waals surface area (Å²) in [5.41, 5.74) is 2.18. The summed E-state index contributed by atoms with van der Waals surface area (Å²) in [7, 11) is 0. The summed E-state index contributed by atoms with van der Waals surface area (Å²) in [6.45, 7) is 2.06. The van der Waals surface area contributed by atoms with Gasteiger partial charge in [0.05, 0.1) is 5.69 Å². The van der Waals surface area contributed by atoms with Crippen molar-refractivity contribution in [1.82, 2.24) is 9.97 Å². The maximum Gasteiger partial charge on any atom is 0.229 e. The van der Waals surface area contributed by atoms with Crippen LogP contribution in [0.1, 0.15) is 30.5 Å². The lowest BCUT2D eigenvalue weighted by atomic mass is 10.1. The van der Waals surface area contributed by atoms with Crippen molar-refractivity contribution in [2.24, 2.45) is 5.92 Å². The van der Waals surface area contributed by atoms with Gasteiger partial charge >= 0.3 is 0 Å². The summed E-state index contributed by atoms with van der Waals surface area (Å²) in [6, 6.07) is 3.94. The summed E-state index contributed by atoms with van der Waals surface area (Å²) in [4.78, 5) is 20.5. The molecule has 2 aromatic heterocycles. The number of nitrogens with one attached hydrogen (secondary N) is 1. The lowest BCUT2D eigenvalue weighted by molar-refractivity contribution is -0.117. The Morgan fingerprint density at radius 3 is 3.16 bits per heavy atom. The number of rotatable bonds is 4. The van der Waals surface area contributed by atoms with E-state index >= 15 is 0 Å². The molecule has 5 heteroatoms. The number of aryl methyl sites for hydroxylation is 1. The van der Waals surface area contributed by atoms with Gasteiger partial charge in [0.15, 0.2) is 5.13 Å². The highest BCUT2D eigenvalue weighted by atomic mass is 32.1. The van der Waals surface area contributed by atoms with E-state index in [1.54, 1.807) is 6.20 Å². The fourth-order valence-corrected chi connectivity index (χ4v) is 2.97. The van der Waals surface area contributed by atoms with Crippen LogP contribution in [0, 0.1) is 5.92 Å². The van der Waals surface area contributed by atoms with E-state index in [0.29, 0.717) is 11.0 Å². The summed E-state index contributed by atoms with van der Waals surface area (Å²) >= 11 is 1.49. The Morgan fingerprint density at radius 1 is 1.58 bits per heavy atom. The van der Waals surface area contributed by atoms with Crippen LogP contribution >= 0.6 is 11.3 Å². The van der Waals surface area contributed by atoms with Gasteiger partial charge in [-0.2, -0.15) is 0 Å². The van der Waals surface area contributed by atoms with Gasteiger partial charge in [0.1, 0.15) is 0 Å². The van der Waals surface area contributed by atoms with Crippen molar-refractivity contribution < 1.29 is 4.79 Å². The summed E-state index contributed by atoms with van der Waals surface area (Å²) < 4.78 is 0. The quantitative estimate of drug-likeness (QED) is 0.932. The van der Waals surface area contributed by atoms with Crippen LogP contribution in [-0.4, -0.2) is 15.9 Å². The van der Waals surface area contributed by atoms with Crippen LogP contribution in [0.5, 0.6) is 0 Å². The zero-order valence-corrected chi connectivity index (χ0v) is 11.5. The number of aromatic nitrogens is 2. The summed E-state index contributed by atoms with van der Waals surface area (Å²) in [5, 5.41) is 5.60. The van der Waals surface area contributed by atoms with Crippen LogP contribution < -0.4 is 5.32 Å². The highest BCUT2D eigenvalue weighted by Gasteiger charge is 2.44. The molecule has 0 bridgehead atoms. The van der Waals surface area contributed by atoms with Crippen LogP contribution in [0.4, 0.5) is 5.13 Å². The molecule has 1 N–H and O–H groups in total. The zero-order valence-electron chi connectivity index (χ0n) is 10.7. The van der Waals surface area contributed by atoms with Crippen molar-refractivity contribution in [3.8, 4) is 0 Å². The molecule has 2 heterocycles. The Balaban J connectivity index is 1.61. The molecular weight excluding hydrogens is 258 g/mol. The minimum Gasteiger partial charge on any atom is -0.302 e. The molecule has 1 amide bonds. The van der Waals surface area contributed by atoms with Gasteiger partial charge in [0, 0.05) is 23.7 Å². The fourth-order valence-electron chi connectivity index (χ4n) is 2.17. The lowest BCUT2D eigenvalue weighted by Crippen LogP contribution is -2.14. The number of amides is 1. The largest absolute Gasteiger partial charge is 0.302 e. The second-order valence-electron chi connectivity index (χ2n) is 4.72. The molecule has 1 fully saturated rings. The van der Waals surface area contributed by atoms with Gasteiger partial charge in [0.2, 0.25) is 5.91 Å². The van der Waals surface area contributed by atoms with Gasteiger partial charge in [-0.3, -0.25) is 9.78 Å². The number of hydrogen-bond donors (Lipinski definition) is 1. The van der Waals surface area contributed by atoms with Gasteiger partial charge in [-0.1, -0.05) is 13.0 Å². The predicted molar refractivity (Wildman–Crippen MR) is 75.2 cm³/mol. The van der Waals surface area contributed by atoms with Gasteiger partial charge in [-0.15, -0.1) is 11.3 Å². The Morgan fingerprint density at radius 2 is 2.47 bits per heavy atom. The van der Waals surface area contributed by atoms with E-state index in [0.717, 1.165) is 24.1 Å². The molecule has 2 atom stereocenters. The molecule has 0 unspecified atom stereocenters. The Labute approximate surface area is 115 Å². The first kappa shape index (κ1) is 12.3. The minimum atomic E-state index is 0.0678.